The number of amides is 2. The van der Waals surface area contributed by atoms with Gasteiger partial charge in [0.25, 0.3) is 11.8 Å². The molecular weight excluding hydrogens is 464 g/mol. The summed E-state index contributed by atoms with van der Waals surface area (Å²) in [4.78, 5) is 43.3. The first-order chi connectivity index (χ1) is 17.4. The summed E-state index contributed by atoms with van der Waals surface area (Å²) in [7, 11) is 3.75. The highest BCUT2D eigenvalue weighted by Gasteiger charge is 2.20. The zero-order valence-electron chi connectivity index (χ0n) is 20.4. The van der Waals surface area contributed by atoms with Gasteiger partial charge in [0.2, 0.25) is 5.89 Å². The molecule has 0 aliphatic rings. The van der Waals surface area contributed by atoms with E-state index in [1.54, 1.807) is 36.4 Å². The van der Waals surface area contributed by atoms with Gasteiger partial charge in [-0.05, 0) is 50.5 Å². The number of aldehydes is 1. The smallest absolute Gasteiger partial charge is 0.277 e. The van der Waals surface area contributed by atoms with Crippen LogP contribution in [0.3, 0.4) is 0 Å². The van der Waals surface area contributed by atoms with Crippen molar-refractivity contribution in [1.82, 2.24) is 25.1 Å². The Labute approximate surface area is 207 Å². The molecule has 3 heterocycles. The Morgan fingerprint density at radius 1 is 1.11 bits per heavy atom. The molecule has 0 spiro atoms. The number of nitrogens with two attached hydrogens (primary N) is 2. The molecule has 0 aliphatic heterocycles. The van der Waals surface area contributed by atoms with E-state index in [0.717, 1.165) is 0 Å². The van der Waals surface area contributed by atoms with Gasteiger partial charge in [0, 0.05) is 17.3 Å². The van der Waals surface area contributed by atoms with Crippen molar-refractivity contribution in [1.29, 1.82) is 0 Å². The number of hydrogen-bond donors (Lipinski definition) is 4. The monoisotopic (exact) mass is 492 g/mol. The van der Waals surface area contributed by atoms with Gasteiger partial charge in [-0.25, -0.2) is 14.6 Å². The second-order valence-corrected chi connectivity index (χ2v) is 6.87. The normalized spacial score (nSPS) is 9.78. The maximum Gasteiger partial charge on any atom is 0.277 e. The van der Waals surface area contributed by atoms with E-state index in [0.29, 0.717) is 23.1 Å². The lowest BCUT2D eigenvalue weighted by molar-refractivity contribution is 0.0995. The number of nitrogens with zero attached hydrogens (tertiary/aromatic N) is 4. The fraction of sp³-hybridized carbons (Fsp3) is 0.167. The summed E-state index contributed by atoms with van der Waals surface area (Å²) in [6.07, 6.45) is 4.80. The summed E-state index contributed by atoms with van der Waals surface area (Å²) in [5, 5.41) is 9.43. The van der Waals surface area contributed by atoms with E-state index in [4.69, 9.17) is 15.9 Å². The van der Waals surface area contributed by atoms with Crippen molar-refractivity contribution < 1.29 is 18.8 Å². The van der Waals surface area contributed by atoms with Gasteiger partial charge in [-0.15, -0.1) is 0 Å². The van der Waals surface area contributed by atoms with Crippen molar-refractivity contribution >= 4 is 29.6 Å². The van der Waals surface area contributed by atoms with E-state index in [9.17, 15) is 14.4 Å². The van der Waals surface area contributed by atoms with Crippen LogP contribution in [0.2, 0.25) is 0 Å². The third kappa shape index (κ3) is 6.84. The van der Waals surface area contributed by atoms with Gasteiger partial charge in [-0.3, -0.25) is 14.4 Å². The third-order valence-corrected chi connectivity index (χ3v) is 4.25. The summed E-state index contributed by atoms with van der Waals surface area (Å²) in [5.74, 6) is -0.997. The minimum absolute atomic E-state index is 0.0242. The van der Waals surface area contributed by atoms with E-state index in [1.807, 2.05) is 27.9 Å². The number of benzene rings is 1. The van der Waals surface area contributed by atoms with E-state index >= 15 is 0 Å². The second kappa shape index (κ2) is 13.2. The van der Waals surface area contributed by atoms with Crippen molar-refractivity contribution in [3.05, 3.63) is 72.0 Å². The van der Waals surface area contributed by atoms with Gasteiger partial charge >= 0.3 is 0 Å². The largest absolute Gasteiger partial charge is 0.444 e. The van der Waals surface area contributed by atoms with Crippen molar-refractivity contribution in [2.45, 2.75) is 13.8 Å². The average Bonchev–Trinajstić information content (AvgIpc) is 3.54. The van der Waals surface area contributed by atoms with E-state index in [1.165, 1.54) is 23.3 Å². The number of hydrogen-bond acceptors (Lipinski definition) is 9. The molecule has 0 bridgehead atoms. The van der Waals surface area contributed by atoms with Gasteiger partial charge in [0.1, 0.15) is 18.4 Å². The predicted octanol–water partition coefficient (Wildman–Crippen LogP) is 2.53. The average molecular weight is 493 g/mol. The van der Waals surface area contributed by atoms with Crippen LogP contribution in [-0.2, 0) is 0 Å². The number of carbonyl (C=O) groups is 3. The lowest BCUT2D eigenvalue weighted by atomic mass is 10.2. The summed E-state index contributed by atoms with van der Waals surface area (Å²) < 4.78 is 6.70. The highest BCUT2D eigenvalue weighted by molar-refractivity contribution is 6.07. The molecule has 3 aromatic heterocycles. The first-order valence-corrected chi connectivity index (χ1v) is 10.9. The first kappa shape index (κ1) is 27.4. The SMILES string of the molecule is CC.CNC.NC(=O)c1nn(-c2ccc(C=O)cc2)cc1NC(=O)c1coc(-c2ccnc(N)c2)n1. The Balaban J connectivity index is 0.000000850. The number of anilines is 2. The van der Waals surface area contributed by atoms with Gasteiger partial charge in [-0.1, -0.05) is 13.8 Å². The predicted molar refractivity (Wildman–Crippen MR) is 136 cm³/mol. The molecule has 2 amide bonds. The molecule has 36 heavy (non-hydrogen) atoms. The molecule has 6 N–H and O–H groups in total. The minimum Gasteiger partial charge on any atom is -0.444 e. The van der Waals surface area contributed by atoms with Gasteiger partial charge in [0.05, 0.1) is 17.6 Å². The minimum atomic E-state index is -0.827. The van der Waals surface area contributed by atoms with Gasteiger partial charge in [-0.2, -0.15) is 5.10 Å². The fourth-order valence-corrected chi connectivity index (χ4v) is 2.76. The molecule has 12 nitrogen and oxygen atoms in total. The number of nitrogen functional groups attached to an aromatic ring is 1. The summed E-state index contributed by atoms with van der Waals surface area (Å²) >= 11 is 0. The van der Waals surface area contributed by atoms with Gasteiger partial charge < -0.3 is 26.5 Å². The molecule has 0 aliphatic carbocycles. The van der Waals surface area contributed by atoms with E-state index in [2.05, 4.69) is 25.7 Å². The van der Waals surface area contributed by atoms with Crippen LogP contribution in [0, 0.1) is 0 Å². The molecule has 188 valence electrons. The number of primary amides is 1. The number of carbonyl (C=O) groups excluding carboxylic acids is 3. The Morgan fingerprint density at radius 2 is 1.78 bits per heavy atom. The maximum atomic E-state index is 12.6. The molecule has 1 aromatic carbocycles. The summed E-state index contributed by atoms with van der Waals surface area (Å²) in [6.45, 7) is 4.00. The van der Waals surface area contributed by atoms with Crippen LogP contribution in [0.5, 0.6) is 0 Å². The molecule has 12 heteroatoms. The van der Waals surface area contributed by atoms with Crippen LogP contribution in [-0.4, -0.2) is 51.9 Å². The zero-order valence-corrected chi connectivity index (χ0v) is 20.4. The van der Waals surface area contributed by atoms with Crippen LogP contribution in [0.4, 0.5) is 11.5 Å². The first-order valence-electron chi connectivity index (χ1n) is 10.9. The Kier molecular flexibility index (Phi) is 10.0. The molecule has 0 unspecified atom stereocenters. The lowest BCUT2D eigenvalue weighted by Crippen LogP contribution is -2.18. The second-order valence-electron chi connectivity index (χ2n) is 6.87. The lowest BCUT2D eigenvalue weighted by Gasteiger charge is -2.01. The van der Waals surface area contributed by atoms with Gasteiger partial charge in [0.15, 0.2) is 11.4 Å². The van der Waals surface area contributed by atoms with Crippen molar-refractivity contribution in [3.63, 3.8) is 0 Å². The molecule has 0 radical (unpaired) electrons. The molecule has 4 aromatic rings. The Bertz CT molecular complexity index is 1310. The number of pyridine rings is 1. The summed E-state index contributed by atoms with van der Waals surface area (Å²) in [5.41, 5.74) is 12.6. The highest BCUT2D eigenvalue weighted by atomic mass is 16.3. The molecule has 0 atom stereocenters. The van der Waals surface area contributed by atoms with Crippen LogP contribution >= 0.6 is 0 Å². The van der Waals surface area contributed by atoms with Crippen LogP contribution < -0.4 is 22.1 Å². The zero-order chi connectivity index (χ0) is 26.7. The number of oxazole rings is 1. The maximum absolute atomic E-state index is 12.6. The van der Waals surface area contributed by atoms with Crippen LogP contribution in [0.15, 0.2) is 59.5 Å². The number of aromatic nitrogens is 4. The van der Waals surface area contributed by atoms with Crippen molar-refractivity contribution in [3.8, 4) is 17.1 Å². The molecule has 0 saturated heterocycles. The number of rotatable bonds is 6. The van der Waals surface area contributed by atoms with Crippen molar-refractivity contribution in [2.75, 3.05) is 25.1 Å². The Hall–Kier alpha value is -4.84. The molecule has 0 fully saturated rings. The van der Waals surface area contributed by atoms with Crippen molar-refractivity contribution in [2.24, 2.45) is 5.73 Å². The number of nitrogens with one attached hydrogen (secondary N) is 2. The standard InChI is InChI=1S/C20H15N7O4.C2H7N.C2H6/c21-16-7-12(5-6-23-16)20-25-15(10-31-20)19(30)24-14-8-27(26-17(14)18(22)29)13-3-1-11(9-28)2-4-13;1-3-2;1-2/h1-10H,(H2,21,23)(H2,22,29)(H,24,30);3H,1-2H3;1-2H3. The quantitative estimate of drug-likeness (QED) is 0.294. The third-order valence-electron chi connectivity index (χ3n) is 4.25. The molecular formula is C24H28N8O4. The van der Waals surface area contributed by atoms with E-state index in [-0.39, 0.29) is 28.8 Å². The van der Waals surface area contributed by atoms with E-state index < -0.39 is 11.8 Å². The summed E-state index contributed by atoms with van der Waals surface area (Å²) in [6, 6.07) is 9.65. The van der Waals surface area contributed by atoms with Crippen LogP contribution in [0.1, 0.15) is 45.2 Å². The highest BCUT2D eigenvalue weighted by Crippen LogP contribution is 2.22. The fourth-order valence-electron chi connectivity index (χ4n) is 2.76. The topological polar surface area (TPSA) is 184 Å². The van der Waals surface area contributed by atoms with Crippen LogP contribution in [0.25, 0.3) is 17.1 Å². The molecule has 0 saturated carbocycles. The molecule has 4 rings (SSSR count). The Morgan fingerprint density at radius 3 is 2.36 bits per heavy atom.